The number of rotatable bonds is 6. The Hall–Kier alpha value is -3.56. The number of sulfonamides is 1. The molecule has 2 aromatic heterocycles. The lowest BCUT2D eigenvalue weighted by atomic mass is 10.2. The van der Waals surface area contributed by atoms with Gasteiger partial charge in [0.05, 0.1) is 15.9 Å². The van der Waals surface area contributed by atoms with Crippen LogP contribution in [0.25, 0.3) is 16.9 Å². The van der Waals surface area contributed by atoms with Crippen LogP contribution in [-0.4, -0.2) is 23.0 Å². The van der Waals surface area contributed by atoms with Gasteiger partial charge in [-0.15, -0.1) is 0 Å². The molecule has 0 unspecified atom stereocenters. The first-order chi connectivity index (χ1) is 16.0. The minimum absolute atomic E-state index is 0.137. The van der Waals surface area contributed by atoms with Gasteiger partial charge in [-0.1, -0.05) is 58.4 Å². The molecule has 33 heavy (non-hydrogen) atoms. The van der Waals surface area contributed by atoms with Gasteiger partial charge in [0.25, 0.3) is 22.2 Å². The van der Waals surface area contributed by atoms with Gasteiger partial charge in [0.1, 0.15) is 18.9 Å². The average molecular weight is 521 g/mol. The maximum absolute atomic E-state index is 13.1. The number of anilines is 1. The lowest BCUT2D eigenvalue weighted by Gasteiger charge is -2.10. The molecule has 5 aromatic rings. The molecule has 0 saturated heterocycles. The fraction of sp³-hybridized carbons (Fsp3) is 0.0417. The maximum atomic E-state index is 13.1. The SMILES string of the molecule is O=S(=O)(Nc1nc2ccccc2nc1-n1cc[n+](Cc2ccccc2)c1)c1ccc(Br)cc1. The van der Waals surface area contributed by atoms with Gasteiger partial charge >= 0.3 is 0 Å². The largest absolute Gasteiger partial charge is 0.270 e. The molecular formula is C24H19BrN5O2S+. The fourth-order valence-electron chi connectivity index (χ4n) is 3.45. The Morgan fingerprint density at radius 3 is 2.27 bits per heavy atom. The third-order valence-corrected chi connectivity index (χ3v) is 6.93. The zero-order valence-corrected chi connectivity index (χ0v) is 19.7. The van der Waals surface area contributed by atoms with Crippen LogP contribution in [0.15, 0.2) is 107 Å². The topological polar surface area (TPSA) is 80.8 Å². The van der Waals surface area contributed by atoms with Gasteiger partial charge in [-0.25, -0.2) is 23.0 Å². The summed E-state index contributed by atoms with van der Waals surface area (Å²) in [6, 6.07) is 23.9. The van der Waals surface area contributed by atoms with E-state index < -0.39 is 10.0 Å². The van der Waals surface area contributed by atoms with Gasteiger partial charge in [-0.3, -0.25) is 4.72 Å². The van der Waals surface area contributed by atoms with Crippen LogP contribution in [0.2, 0.25) is 0 Å². The Morgan fingerprint density at radius 1 is 0.879 bits per heavy atom. The van der Waals surface area contributed by atoms with Gasteiger partial charge in [-0.2, -0.15) is 4.57 Å². The molecule has 1 N–H and O–H groups in total. The van der Waals surface area contributed by atoms with Crippen LogP contribution in [0.4, 0.5) is 5.82 Å². The number of aromatic nitrogens is 4. The number of fused-ring (bicyclic) bond motifs is 1. The van der Waals surface area contributed by atoms with Gasteiger partial charge in [0, 0.05) is 4.47 Å². The van der Waals surface area contributed by atoms with Crippen molar-refractivity contribution in [2.24, 2.45) is 0 Å². The number of benzene rings is 3. The van der Waals surface area contributed by atoms with Crippen molar-refractivity contribution in [2.75, 3.05) is 4.72 Å². The Kier molecular flexibility index (Phi) is 5.65. The lowest BCUT2D eigenvalue weighted by Crippen LogP contribution is -2.31. The predicted octanol–water partition coefficient (Wildman–Crippen LogP) is 4.32. The van der Waals surface area contributed by atoms with E-state index in [0.717, 1.165) is 10.0 Å². The zero-order valence-electron chi connectivity index (χ0n) is 17.3. The highest BCUT2D eigenvalue weighted by atomic mass is 79.9. The summed E-state index contributed by atoms with van der Waals surface area (Å²) >= 11 is 3.33. The maximum Gasteiger partial charge on any atom is 0.270 e. The van der Waals surface area contributed by atoms with Gasteiger partial charge in [0.15, 0.2) is 0 Å². The normalized spacial score (nSPS) is 11.5. The highest BCUT2D eigenvalue weighted by Gasteiger charge is 2.22. The van der Waals surface area contributed by atoms with E-state index in [4.69, 9.17) is 4.98 Å². The Balaban J connectivity index is 1.56. The monoisotopic (exact) mass is 520 g/mol. The minimum atomic E-state index is -3.86. The molecule has 0 bridgehead atoms. The van der Waals surface area contributed by atoms with E-state index in [1.165, 1.54) is 12.1 Å². The summed E-state index contributed by atoms with van der Waals surface area (Å²) in [6.07, 6.45) is 5.61. The molecule has 0 atom stereocenters. The molecule has 0 aliphatic rings. The number of hydrogen-bond donors (Lipinski definition) is 1. The number of hydrogen-bond acceptors (Lipinski definition) is 4. The third kappa shape index (κ3) is 4.64. The van der Waals surface area contributed by atoms with Crippen molar-refractivity contribution < 1.29 is 13.0 Å². The van der Waals surface area contributed by atoms with E-state index in [0.29, 0.717) is 23.4 Å². The molecule has 0 amide bonds. The van der Waals surface area contributed by atoms with E-state index in [-0.39, 0.29) is 10.7 Å². The summed E-state index contributed by atoms with van der Waals surface area (Å²) in [6.45, 7) is 0.675. The fourth-order valence-corrected chi connectivity index (χ4v) is 4.71. The molecule has 0 aliphatic heterocycles. The van der Waals surface area contributed by atoms with Crippen LogP contribution in [-0.2, 0) is 16.6 Å². The van der Waals surface area contributed by atoms with Crippen LogP contribution < -0.4 is 9.29 Å². The molecule has 9 heteroatoms. The Labute approximate surface area is 199 Å². The molecule has 0 spiro atoms. The molecule has 0 aliphatic carbocycles. The Bertz CT molecular complexity index is 1530. The summed E-state index contributed by atoms with van der Waals surface area (Å²) in [5.41, 5.74) is 2.42. The van der Waals surface area contributed by atoms with Crippen LogP contribution in [0, 0.1) is 0 Å². The van der Waals surface area contributed by atoms with Gasteiger partial charge in [0.2, 0.25) is 5.82 Å². The van der Waals surface area contributed by atoms with E-state index in [1.807, 2.05) is 59.7 Å². The van der Waals surface area contributed by atoms with E-state index in [1.54, 1.807) is 22.8 Å². The van der Waals surface area contributed by atoms with Crippen LogP contribution in [0.3, 0.4) is 0 Å². The van der Waals surface area contributed by atoms with Gasteiger partial charge < -0.3 is 0 Å². The van der Waals surface area contributed by atoms with Crippen LogP contribution >= 0.6 is 15.9 Å². The van der Waals surface area contributed by atoms with Gasteiger partial charge in [-0.05, 0) is 42.0 Å². The minimum Gasteiger partial charge on any atom is -0.258 e. The molecule has 5 rings (SSSR count). The standard InChI is InChI=1S/C24H19BrN5O2S/c25-19-10-12-20(13-11-19)33(31,32)28-23-24(27-22-9-5-4-8-21(22)26-23)30-15-14-29(17-30)16-18-6-2-1-3-7-18/h1-15,17H,16H2,(H,26,28)/q+1. The number of nitrogens with one attached hydrogen (secondary N) is 1. The number of para-hydroxylation sites is 2. The Morgan fingerprint density at radius 2 is 1.55 bits per heavy atom. The summed E-state index contributed by atoms with van der Waals surface area (Å²) < 4.78 is 33.3. The third-order valence-electron chi connectivity index (χ3n) is 5.05. The van der Waals surface area contributed by atoms with E-state index >= 15 is 0 Å². The quantitative estimate of drug-likeness (QED) is 0.338. The molecule has 2 heterocycles. The predicted molar refractivity (Wildman–Crippen MR) is 130 cm³/mol. The molecule has 3 aromatic carbocycles. The van der Waals surface area contributed by atoms with Crippen molar-refractivity contribution in [2.45, 2.75) is 11.4 Å². The van der Waals surface area contributed by atoms with Crippen LogP contribution in [0.1, 0.15) is 5.56 Å². The van der Waals surface area contributed by atoms with Crippen molar-refractivity contribution in [3.63, 3.8) is 0 Å². The van der Waals surface area contributed by atoms with Crippen molar-refractivity contribution in [1.82, 2.24) is 14.5 Å². The summed E-state index contributed by atoms with van der Waals surface area (Å²) in [4.78, 5) is 9.43. The molecule has 164 valence electrons. The van der Waals surface area contributed by atoms with Crippen molar-refractivity contribution in [3.05, 3.63) is 108 Å². The molecule has 7 nitrogen and oxygen atoms in total. The average Bonchev–Trinajstić information content (AvgIpc) is 3.27. The highest BCUT2D eigenvalue weighted by molar-refractivity contribution is 9.10. The number of nitrogens with zero attached hydrogens (tertiary/aromatic N) is 4. The lowest BCUT2D eigenvalue weighted by molar-refractivity contribution is -0.687. The first-order valence-electron chi connectivity index (χ1n) is 10.1. The molecule has 0 radical (unpaired) electrons. The zero-order chi connectivity index (χ0) is 22.8. The molecular weight excluding hydrogens is 502 g/mol. The first-order valence-corrected chi connectivity index (χ1v) is 12.4. The van der Waals surface area contributed by atoms with Crippen LogP contribution in [0.5, 0.6) is 0 Å². The summed E-state index contributed by atoms with van der Waals surface area (Å²) in [5.74, 6) is 0.542. The van der Waals surface area contributed by atoms with Crippen molar-refractivity contribution >= 4 is 42.8 Å². The second kappa shape index (κ2) is 8.76. The smallest absolute Gasteiger partial charge is 0.258 e. The first kappa shape index (κ1) is 21.3. The van der Waals surface area contributed by atoms with E-state index in [9.17, 15) is 8.42 Å². The van der Waals surface area contributed by atoms with E-state index in [2.05, 4.69) is 37.8 Å². The summed E-state index contributed by atoms with van der Waals surface area (Å²) in [5, 5.41) is 0. The number of imidazole rings is 1. The highest BCUT2D eigenvalue weighted by Crippen LogP contribution is 2.24. The second-order valence-corrected chi connectivity index (χ2v) is 10.0. The summed E-state index contributed by atoms with van der Waals surface area (Å²) in [7, 11) is -3.86. The van der Waals surface area contributed by atoms with Crippen molar-refractivity contribution in [3.8, 4) is 5.82 Å². The van der Waals surface area contributed by atoms with Crippen molar-refractivity contribution in [1.29, 1.82) is 0 Å². The molecule has 0 fully saturated rings. The molecule has 0 saturated carbocycles. The number of halogens is 1. The second-order valence-electron chi connectivity index (χ2n) is 7.42.